The highest BCUT2D eigenvalue weighted by atomic mass is 79.9. The topological polar surface area (TPSA) is 64.6 Å². The summed E-state index contributed by atoms with van der Waals surface area (Å²) in [5, 5.41) is 2.62. The molecule has 0 saturated carbocycles. The largest absolute Gasteiger partial charge is 0.496 e. The van der Waals surface area contributed by atoms with Crippen LogP contribution >= 0.6 is 15.9 Å². The van der Waals surface area contributed by atoms with E-state index in [0.717, 1.165) is 10.9 Å². The van der Waals surface area contributed by atoms with E-state index in [9.17, 15) is 9.59 Å². The van der Waals surface area contributed by atoms with E-state index in [0.29, 0.717) is 11.3 Å². The number of esters is 1. The third-order valence-electron chi connectivity index (χ3n) is 2.72. The summed E-state index contributed by atoms with van der Waals surface area (Å²) in [6.45, 7) is 1.94. The number of hydrogen-bond acceptors (Lipinski definition) is 4. The fourth-order valence-corrected chi connectivity index (χ4v) is 2.02. The molecule has 0 bridgehead atoms. The first kappa shape index (κ1) is 17.2. The lowest BCUT2D eigenvalue weighted by atomic mass is 10.1. The smallest absolute Gasteiger partial charge is 0.332 e. The van der Waals surface area contributed by atoms with Crippen LogP contribution in [0.1, 0.15) is 23.7 Å². The number of nitrogens with one attached hydrogen (secondary N) is 1. The van der Waals surface area contributed by atoms with E-state index in [4.69, 9.17) is 4.74 Å². The second-order valence-electron chi connectivity index (χ2n) is 4.16. The molecule has 6 heteroatoms. The molecule has 1 atom stereocenters. The summed E-state index contributed by atoms with van der Waals surface area (Å²) in [5.41, 5.74) is 0.397. The Balaban J connectivity index is 2.91. The van der Waals surface area contributed by atoms with Crippen molar-refractivity contribution in [1.82, 2.24) is 5.32 Å². The van der Waals surface area contributed by atoms with Gasteiger partial charge >= 0.3 is 5.97 Å². The van der Waals surface area contributed by atoms with Crippen molar-refractivity contribution in [2.45, 2.75) is 19.4 Å². The Kier molecular flexibility index (Phi) is 6.94. The third-order valence-corrected chi connectivity index (χ3v) is 3.37. The van der Waals surface area contributed by atoms with Gasteiger partial charge in [-0.2, -0.15) is 0 Å². The molecular formula is C15H18BrNO4. The molecule has 1 N–H and O–H groups in total. The zero-order valence-corrected chi connectivity index (χ0v) is 13.8. The lowest BCUT2D eigenvalue weighted by Crippen LogP contribution is -2.40. The first-order valence-electron chi connectivity index (χ1n) is 6.42. The second-order valence-corrected chi connectivity index (χ2v) is 5.01. The van der Waals surface area contributed by atoms with Gasteiger partial charge in [-0.25, -0.2) is 4.79 Å². The number of allylic oxidation sites excluding steroid dienone is 1. The average Bonchev–Trinajstić information content (AvgIpc) is 2.50. The molecule has 0 saturated heterocycles. The highest BCUT2D eigenvalue weighted by Gasteiger charge is 2.19. The summed E-state index contributed by atoms with van der Waals surface area (Å²) in [7, 11) is 2.80. The zero-order chi connectivity index (χ0) is 15.8. The maximum Gasteiger partial charge on any atom is 0.332 e. The molecule has 1 aromatic carbocycles. The summed E-state index contributed by atoms with van der Waals surface area (Å²) in [6, 6.07) is 4.14. The van der Waals surface area contributed by atoms with Crippen LogP contribution in [-0.2, 0) is 9.53 Å². The molecule has 1 amide bonds. The predicted molar refractivity (Wildman–Crippen MR) is 83.4 cm³/mol. The SMILES string of the molecule is CC/C=C\[C@H](NC(=O)c1ccc(Br)c(OC)c1)C(=O)OC. The number of methoxy groups -OCH3 is 2. The number of carbonyl (C=O) groups is 2. The van der Waals surface area contributed by atoms with Crippen molar-refractivity contribution >= 4 is 27.8 Å². The van der Waals surface area contributed by atoms with Crippen molar-refractivity contribution in [1.29, 1.82) is 0 Å². The van der Waals surface area contributed by atoms with Crippen LogP contribution in [0, 0.1) is 0 Å². The lowest BCUT2D eigenvalue weighted by molar-refractivity contribution is -0.141. The zero-order valence-electron chi connectivity index (χ0n) is 12.2. The Morgan fingerprint density at radius 1 is 1.38 bits per heavy atom. The number of hydrogen-bond donors (Lipinski definition) is 1. The molecule has 0 spiro atoms. The lowest BCUT2D eigenvalue weighted by Gasteiger charge is -2.13. The first-order chi connectivity index (χ1) is 10.0. The summed E-state index contributed by atoms with van der Waals surface area (Å²) in [6.07, 6.45) is 4.17. The van der Waals surface area contributed by atoms with Gasteiger partial charge in [0.1, 0.15) is 11.8 Å². The maximum atomic E-state index is 12.2. The molecule has 21 heavy (non-hydrogen) atoms. The van der Waals surface area contributed by atoms with Crippen molar-refractivity contribution in [3.63, 3.8) is 0 Å². The van der Waals surface area contributed by atoms with Gasteiger partial charge in [-0.05, 0) is 40.5 Å². The van der Waals surface area contributed by atoms with E-state index in [1.807, 2.05) is 6.92 Å². The Hall–Kier alpha value is -1.82. The van der Waals surface area contributed by atoms with E-state index >= 15 is 0 Å². The van der Waals surface area contributed by atoms with Crippen LogP contribution in [0.4, 0.5) is 0 Å². The Morgan fingerprint density at radius 2 is 2.10 bits per heavy atom. The van der Waals surface area contributed by atoms with Gasteiger partial charge in [0.25, 0.3) is 5.91 Å². The maximum absolute atomic E-state index is 12.2. The number of halogens is 1. The van der Waals surface area contributed by atoms with Crippen molar-refractivity contribution in [3.8, 4) is 5.75 Å². The summed E-state index contributed by atoms with van der Waals surface area (Å²) < 4.78 is 10.6. The normalized spacial score (nSPS) is 12.0. The van der Waals surface area contributed by atoms with Crippen LogP contribution in [0.2, 0.25) is 0 Å². The number of carbonyl (C=O) groups excluding carboxylic acids is 2. The molecule has 114 valence electrons. The molecule has 1 aromatic rings. The highest BCUT2D eigenvalue weighted by molar-refractivity contribution is 9.10. The van der Waals surface area contributed by atoms with E-state index < -0.39 is 12.0 Å². The minimum atomic E-state index is -0.808. The standard InChI is InChI=1S/C15H18BrNO4/c1-4-5-6-12(15(19)21-3)17-14(18)10-7-8-11(16)13(9-10)20-2/h5-9,12H,4H2,1-3H3,(H,17,18)/b6-5-/t12-/m0/s1. The molecule has 0 aliphatic heterocycles. The van der Waals surface area contributed by atoms with Gasteiger partial charge in [-0.3, -0.25) is 4.79 Å². The second kappa shape index (κ2) is 8.46. The molecule has 0 aliphatic carbocycles. The van der Waals surface area contributed by atoms with Gasteiger partial charge in [0, 0.05) is 5.56 Å². The Labute approximate surface area is 132 Å². The van der Waals surface area contributed by atoms with Crippen LogP contribution < -0.4 is 10.1 Å². The Bertz CT molecular complexity index is 542. The van der Waals surface area contributed by atoms with Crippen molar-refractivity contribution in [2.24, 2.45) is 0 Å². The third kappa shape index (κ3) is 4.90. The molecule has 5 nitrogen and oxygen atoms in total. The predicted octanol–water partition coefficient (Wildman–Crippen LogP) is 2.70. The summed E-state index contributed by atoms with van der Waals surface area (Å²) >= 11 is 3.32. The summed E-state index contributed by atoms with van der Waals surface area (Å²) in [5.74, 6) is -0.351. The molecule has 0 aromatic heterocycles. The fraction of sp³-hybridized carbons (Fsp3) is 0.333. The molecule has 0 unspecified atom stereocenters. The quantitative estimate of drug-likeness (QED) is 0.629. The first-order valence-corrected chi connectivity index (χ1v) is 7.21. The highest BCUT2D eigenvalue weighted by Crippen LogP contribution is 2.25. The van der Waals surface area contributed by atoms with Crippen molar-refractivity contribution < 1.29 is 19.1 Å². The molecule has 0 radical (unpaired) electrons. The monoisotopic (exact) mass is 355 g/mol. The summed E-state index contributed by atoms with van der Waals surface area (Å²) in [4.78, 5) is 23.8. The average molecular weight is 356 g/mol. The van der Waals surface area contributed by atoms with Gasteiger partial charge in [0.15, 0.2) is 0 Å². The van der Waals surface area contributed by atoms with Crippen LogP contribution in [0.25, 0.3) is 0 Å². The van der Waals surface area contributed by atoms with Crippen LogP contribution in [0.5, 0.6) is 5.75 Å². The minimum absolute atomic E-state index is 0.378. The minimum Gasteiger partial charge on any atom is -0.496 e. The van der Waals surface area contributed by atoms with Gasteiger partial charge in [-0.1, -0.05) is 19.1 Å². The Morgan fingerprint density at radius 3 is 2.67 bits per heavy atom. The van der Waals surface area contributed by atoms with Crippen molar-refractivity contribution in [3.05, 3.63) is 40.4 Å². The molecule has 0 aliphatic rings. The molecular weight excluding hydrogens is 338 g/mol. The number of benzene rings is 1. The van der Waals surface area contributed by atoms with E-state index in [-0.39, 0.29) is 5.91 Å². The molecule has 0 fully saturated rings. The number of amides is 1. The fourth-order valence-electron chi connectivity index (χ4n) is 1.61. The van der Waals surface area contributed by atoms with Gasteiger partial charge in [-0.15, -0.1) is 0 Å². The van der Waals surface area contributed by atoms with Gasteiger partial charge in [0.2, 0.25) is 0 Å². The van der Waals surface area contributed by atoms with E-state index in [1.165, 1.54) is 14.2 Å². The van der Waals surface area contributed by atoms with Gasteiger partial charge < -0.3 is 14.8 Å². The van der Waals surface area contributed by atoms with Crippen LogP contribution in [0.15, 0.2) is 34.8 Å². The van der Waals surface area contributed by atoms with Crippen LogP contribution in [-0.4, -0.2) is 32.1 Å². The molecule has 0 heterocycles. The van der Waals surface area contributed by atoms with E-state index in [1.54, 1.807) is 30.4 Å². The van der Waals surface area contributed by atoms with Crippen molar-refractivity contribution in [2.75, 3.05) is 14.2 Å². The number of ether oxygens (including phenoxy) is 2. The number of rotatable bonds is 6. The van der Waals surface area contributed by atoms with E-state index in [2.05, 4.69) is 26.0 Å². The molecule has 1 rings (SSSR count). The van der Waals surface area contributed by atoms with Crippen LogP contribution in [0.3, 0.4) is 0 Å². The van der Waals surface area contributed by atoms with Gasteiger partial charge in [0.05, 0.1) is 18.7 Å².